The van der Waals surface area contributed by atoms with Crippen LogP contribution in [0.4, 0.5) is 5.69 Å². The average molecular weight is 559 g/mol. The molecule has 0 spiro atoms. The number of hydrogen-bond donors (Lipinski definition) is 1. The highest BCUT2D eigenvalue weighted by Crippen LogP contribution is 2.32. The smallest absolute Gasteiger partial charge is 0.162 e. The quantitative estimate of drug-likeness (QED) is 0.310. The molecule has 6 heteroatoms. The van der Waals surface area contributed by atoms with Gasteiger partial charge in [-0.15, -0.1) is 12.8 Å². The van der Waals surface area contributed by atoms with Gasteiger partial charge in [-0.3, -0.25) is 0 Å². The summed E-state index contributed by atoms with van der Waals surface area (Å²) in [5.74, 6) is 2.87. The summed E-state index contributed by atoms with van der Waals surface area (Å²) >= 11 is 0. The Bertz CT molecular complexity index is 1220. The van der Waals surface area contributed by atoms with E-state index in [9.17, 15) is 5.11 Å². The third-order valence-corrected chi connectivity index (χ3v) is 7.71. The van der Waals surface area contributed by atoms with E-state index in [1.165, 1.54) is 36.0 Å². The number of nitrogens with zero attached hydrogens (tertiary/aromatic N) is 2. The number of aryl methyl sites for hydroxylation is 2. The van der Waals surface area contributed by atoms with E-state index in [2.05, 4.69) is 66.9 Å². The molecule has 0 aromatic heterocycles. The van der Waals surface area contributed by atoms with E-state index >= 15 is 0 Å². The normalized spacial score (nSPS) is 14.8. The molecule has 1 aliphatic carbocycles. The van der Waals surface area contributed by atoms with Crippen LogP contribution in [0.5, 0.6) is 23.0 Å². The Balaban J connectivity index is 0.000000294. The van der Waals surface area contributed by atoms with Crippen molar-refractivity contribution in [1.29, 1.82) is 0 Å². The van der Waals surface area contributed by atoms with Crippen molar-refractivity contribution in [2.24, 2.45) is 0 Å². The van der Waals surface area contributed by atoms with E-state index in [1.54, 1.807) is 20.3 Å². The monoisotopic (exact) mass is 558 g/mol. The highest BCUT2D eigenvalue weighted by Gasteiger charge is 2.18. The first-order valence-corrected chi connectivity index (χ1v) is 14.5. The van der Waals surface area contributed by atoms with Gasteiger partial charge >= 0.3 is 0 Å². The molecule has 1 N–H and O–H groups in total. The summed E-state index contributed by atoms with van der Waals surface area (Å²) in [6.45, 7) is 6.12. The van der Waals surface area contributed by atoms with Crippen LogP contribution < -0.4 is 19.1 Å². The van der Waals surface area contributed by atoms with Gasteiger partial charge in [-0.2, -0.15) is 0 Å². The van der Waals surface area contributed by atoms with Crippen molar-refractivity contribution in [3.63, 3.8) is 0 Å². The number of anilines is 1. The first kappa shape index (κ1) is 31.7. The fraction of sp³-hybridized carbons (Fsp3) is 0.429. The number of ether oxygens (including phenoxy) is 3. The molecule has 2 aliphatic rings. The minimum Gasteiger partial charge on any atom is -0.508 e. The van der Waals surface area contributed by atoms with Gasteiger partial charge in [0.05, 0.1) is 14.2 Å². The van der Waals surface area contributed by atoms with Crippen molar-refractivity contribution in [3.05, 3.63) is 77.4 Å². The topological polar surface area (TPSA) is 54.4 Å². The predicted octanol–water partition coefficient (Wildman–Crippen LogP) is 6.72. The van der Waals surface area contributed by atoms with Gasteiger partial charge in [-0.05, 0) is 106 Å². The summed E-state index contributed by atoms with van der Waals surface area (Å²) in [6, 6.07) is 20.3. The molecule has 1 fully saturated rings. The third kappa shape index (κ3) is 9.37. The van der Waals surface area contributed by atoms with E-state index in [-0.39, 0.29) is 0 Å². The second kappa shape index (κ2) is 16.4. The summed E-state index contributed by atoms with van der Waals surface area (Å²) < 4.78 is 16.9. The number of hydrogen-bond acceptors (Lipinski definition) is 6. The SMILES string of the molecule is C#C.CCN(Cc1ccc(OC2CCN(C)CC2)cc1)c1ccc(OC)c(OC)c1.Oc1ccc2c(c1)CCCC2. The second-order valence-corrected chi connectivity index (χ2v) is 10.5. The molecule has 6 nitrogen and oxygen atoms in total. The Morgan fingerprint density at radius 2 is 1.51 bits per heavy atom. The van der Waals surface area contributed by atoms with Crippen LogP contribution in [-0.4, -0.2) is 57.0 Å². The summed E-state index contributed by atoms with van der Waals surface area (Å²) in [7, 11) is 5.49. The fourth-order valence-electron chi connectivity index (χ4n) is 5.32. The van der Waals surface area contributed by atoms with Crippen LogP contribution in [0.15, 0.2) is 60.7 Å². The van der Waals surface area contributed by atoms with Crippen molar-refractivity contribution in [2.45, 2.75) is 58.1 Å². The second-order valence-electron chi connectivity index (χ2n) is 10.5. The molecule has 0 radical (unpaired) electrons. The lowest BCUT2D eigenvalue weighted by molar-refractivity contribution is 0.114. The fourth-order valence-corrected chi connectivity index (χ4v) is 5.32. The van der Waals surface area contributed by atoms with Gasteiger partial charge in [0, 0.05) is 37.9 Å². The van der Waals surface area contributed by atoms with Crippen molar-refractivity contribution >= 4 is 5.69 Å². The van der Waals surface area contributed by atoms with Crippen molar-refractivity contribution in [3.8, 4) is 35.8 Å². The molecule has 0 bridgehead atoms. The number of methoxy groups -OCH3 is 2. The summed E-state index contributed by atoms with van der Waals surface area (Å²) in [4.78, 5) is 4.67. The van der Waals surface area contributed by atoms with Crippen LogP contribution in [0.2, 0.25) is 0 Å². The molecule has 0 amide bonds. The molecular weight excluding hydrogens is 512 g/mol. The number of rotatable bonds is 8. The van der Waals surface area contributed by atoms with Gasteiger partial charge in [0.2, 0.25) is 0 Å². The van der Waals surface area contributed by atoms with Gasteiger partial charge in [-0.1, -0.05) is 18.2 Å². The molecule has 1 saturated heterocycles. The van der Waals surface area contributed by atoms with Crippen molar-refractivity contribution in [1.82, 2.24) is 4.90 Å². The number of terminal acetylenes is 1. The molecule has 0 atom stereocenters. The number of phenolic OH excluding ortho intramolecular Hbond substituents is 1. The Hall–Kier alpha value is -3.82. The molecule has 1 heterocycles. The van der Waals surface area contributed by atoms with Crippen LogP contribution in [0, 0.1) is 12.8 Å². The van der Waals surface area contributed by atoms with Crippen LogP contribution in [0.3, 0.4) is 0 Å². The minimum absolute atomic E-state index is 0.334. The molecule has 41 heavy (non-hydrogen) atoms. The van der Waals surface area contributed by atoms with E-state index in [1.807, 2.05) is 24.3 Å². The number of piperidine rings is 1. The van der Waals surface area contributed by atoms with Gasteiger partial charge in [0.15, 0.2) is 11.5 Å². The lowest BCUT2D eigenvalue weighted by Crippen LogP contribution is -2.35. The Labute approximate surface area is 246 Å². The molecule has 0 saturated carbocycles. The molecule has 3 aromatic carbocycles. The van der Waals surface area contributed by atoms with E-state index in [4.69, 9.17) is 14.2 Å². The van der Waals surface area contributed by atoms with E-state index in [0.29, 0.717) is 11.9 Å². The standard InChI is InChI=1S/C23H32N2O3.C10H12O.C2H2/c1-5-25(19-8-11-22(26-3)23(16-19)27-4)17-18-6-9-20(10-7-18)28-21-12-14-24(2)15-13-21;11-10-6-5-8-3-1-2-4-9(8)7-10;1-2/h6-11,16,21H,5,12-15,17H2,1-4H3;5-7,11H,1-4H2;1-2H. The lowest BCUT2D eigenvalue weighted by Gasteiger charge is -2.29. The molecule has 0 unspecified atom stereocenters. The zero-order chi connectivity index (χ0) is 29.6. The molecule has 1 aliphatic heterocycles. The van der Waals surface area contributed by atoms with Crippen LogP contribution in [0.1, 0.15) is 49.3 Å². The highest BCUT2D eigenvalue weighted by molar-refractivity contribution is 5.56. The largest absolute Gasteiger partial charge is 0.508 e. The maximum atomic E-state index is 9.19. The molecule has 5 rings (SSSR count). The number of fused-ring (bicyclic) bond motifs is 1. The summed E-state index contributed by atoms with van der Waals surface area (Å²) in [6.07, 6.45) is 15.4. The van der Waals surface area contributed by atoms with E-state index in [0.717, 1.165) is 68.4 Å². The number of likely N-dealkylation sites (tertiary alicyclic amines) is 1. The summed E-state index contributed by atoms with van der Waals surface area (Å²) in [5.41, 5.74) is 5.14. The highest BCUT2D eigenvalue weighted by atomic mass is 16.5. The van der Waals surface area contributed by atoms with Crippen molar-refractivity contribution in [2.75, 3.05) is 45.8 Å². The number of benzene rings is 3. The van der Waals surface area contributed by atoms with Crippen molar-refractivity contribution < 1.29 is 19.3 Å². The van der Waals surface area contributed by atoms with Crippen LogP contribution >= 0.6 is 0 Å². The minimum atomic E-state index is 0.334. The Kier molecular flexibility index (Phi) is 12.7. The first-order chi connectivity index (χ1) is 20.0. The van der Waals surface area contributed by atoms with Gasteiger partial charge in [-0.25, -0.2) is 0 Å². The Morgan fingerprint density at radius 3 is 2.15 bits per heavy atom. The van der Waals surface area contributed by atoms with Crippen LogP contribution in [-0.2, 0) is 19.4 Å². The zero-order valence-electron chi connectivity index (χ0n) is 25.1. The lowest BCUT2D eigenvalue weighted by atomic mass is 9.92. The van der Waals surface area contributed by atoms with Gasteiger partial charge in [0.1, 0.15) is 17.6 Å². The Morgan fingerprint density at radius 1 is 0.854 bits per heavy atom. The van der Waals surface area contributed by atoms with E-state index < -0.39 is 0 Å². The van der Waals surface area contributed by atoms with Crippen LogP contribution in [0.25, 0.3) is 0 Å². The number of aromatic hydroxyl groups is 1. The van der Waals surface area contributed by atoms with Gasteiger partial charge in [0.25, 0.3) is 0 Å². The zero-order valence-corrected chi connectivity index (χ0v) is 25.1. The maximum absolute atomic E-state index is 9.19. The summed E-state index contributed by atoms with van der Waals surface area (Å²) in [5, 5.41) is 9.19. The molecule has 3 aromatic rings. The molecule has 220 valence electrons. The third-order valence-electron chi connectivity index (χ3n) is 7.71. The maximum Gasteiger partial charge on any atom is 0.162 e. The number of phenols is 1. The first-order valence-electron chi connectivity index (χ1n) is 14.5. The van der Waals surface area contributed by atoms with Gasteiger partial charge < -0.3 is 29.1 Å². The average Bonchev–Trinajstić information content (AvgIpc) is 3.02. The molecular formula is C35H46N2O4. The predicted molar refractivity (Wildman–Crippen MR) is 168 cm³/mol.